The summed E-state index contributed by atoms with van der Waals surface area (Å²) in [6.07, 6.45) is 2.97. The molecule has 1 aromatic rings. The van der Waals surface area contributed by atoms with Crippen LogP contribution in [0.15, 0.2) is 24.3 Å². The van der Waals surface area contributed by atoms with E-state index in [0.717, 1.165) is 31.4 Å². The Labute approximate surface area is 127 Å². The second-order valence-electron chi connectivity index (χ2n) is 6.67. The molecular weight excluding hydrogens is 264 g/mol. The van der Waals surface area contributed by atoms with Crippen LogP contribution in [0.4, 0.5) is 0 Å². The van der Waals surface area contributed by atoms with Gasteiger partial charge in [0.05, 0.1) is 6.61 Å². The van der Waals surface area contributed by atoms with Gasteiger partial charge in [0.15, 0.2) is 0 Å². The van der Waals surface area contributed by atoms with Gasteiger partial charge in [0.25, 0.3) is 5.91 Å². The number of aliphatic hydroxyl groups excluding tert-OH is 1. The van der Waals surface area contributed by atoms with Crippen LogP contribution < -0.4 is 5.32 Å². The van der Waals surface area contributed by atoms with Crippen molar-refractivity contribution in [3.05, 3.63) is 35.4 Å². The number of hydrogen-bond acceptors (Lipinski definition) is 3. The van der Waals surface area contributed by atoms with Gasteiger partial charge in [-0.2, -0.15) is 0 Å². The fraction of sp³-hybridized carbons (Fsp3) is 0.588. The monoisotopic (exact) mass is 290 g/mol. The first kappa shape index (κ1) is 16.0. The van der Waals surface area contributed by atoms with E-state index in [1.165, 1.54) is 0 Å². The highest BCUT2D eigenvalue weighted by atomic mass is 16.3. The molecule has 1 aliphatic rings. The fourth-order valence-electron chi connectivity index (χ4n) is 3.09. The zero-order chi connectivity index (χ0) is 15.5. The number of carbonyl (C=O) groups excluding carboxylic acids is 1. The zero-order valence-electron chi connectivity index (χ0n) is 13.2. The molecule has 1 amide bonds. The van der Waals surface area contributed by atoms with Gasteiger partial charge in [-0.05, 0) is 44.6 Å². The van der Waals surface area contributed by atoms with Crippen LogP contribution in [0.25, 0.3) is 0 Å². The summed E-state index contributed by atoms with van der Waals surface area (Å²) < 4.78 is 0. The topological polar surface area (TPSA) is 52.6 Å². The molecule has 4 nitrogen and oxygen atoms in total. The number of carbonyl (C=O) groups is 1. The summed E-state index contributed by atoms with van der Waals surface area (Å²) in [6, 6.07) is 7.81. The van der Waals surface area contributed by atoms with Gasteiger partial charge in [0.1, 0.15) is 0 Å². The van der Waals surface area contributed by atoms with Crippen molar-refractivity contribution < 1.29 is 9.90 Å². The van der Waals surface area contributed by atoms with Crippen LogP contribution in [-0.4, -0.2) is 42.7 Å². The van der Waals surface area contributed by atoms with Gasteiger partial charge in [-0.1, -0.05) is 25.5 Å². The van der Waals surface area contributed by atoms with Gasteiger partial charge in [-0.15, -0.1) is 0 Å². The summed E-state index contributed by atoms with van der Waals surface area (Å²) >= 11 is 0. The molecule has 2 unspecified atom stereocenters. The highest BCUT2D eigenvalue weighted by Crippen LogP contribution is 2.37. The van der Waals surface area contributed by atoms with Crippen molar-refractivity contribution >= 4 is 5.91 Å². The van der Waals surface area contributed by atoms with Crippen LogP contribution in [0.3, 0.4) is 0 Å². The minimum atomic E-state index is -0.184. The second kappa shape index (κ2) is 6.58. The minimum absolute atomic E-state index is 0.0396. The van der Waals surface area contributed by atoms with Crippen molar-refractivity contribution in [1.82, 2.24) is 10.2 Å². The normalized spacial score (nSPS) is 25.3. The van der Waals surface area contributed by atoms with Gasteiger partial charge in [0, 0.05) is 23.6 Å². The molecule has 2 N–H and O–H groups in total. The summed E-state index contributed by atoms with van der Waals surface area (Å²) in [5.74, 6) is -0.0396. The van der Waals surface area contributed by atoms with E-state index in [2.05, 4.69) is 10.2 Å². The molecule has 0 radical (unpaired) electrons. The standard InChI is InChI=1S/C17H26N2O2/c1-17(12-20)9-5-8-15(17)18-16(21)14-7-4-6-13(10-14)11-19(2)3/h4,6-7,10,15,20H,5,8-9,11-12H2,1-3H3,(H,18,21). The third-order valence-corrected chi connectivity index (χ3v) is 4.44. The number of nitrogens with one attached hydrogen (secondary N) is 1. The van der Waals surface area contributed by atoms with E-state index in [0.29, 0.717) is 5.56 Å². The van der Waals surface area contributed by atoms with Crippen molar-refractivity contribution in [3.63, 3.8) is 0 Å². The minimum Gasteiger partial charge on any atom is -0.396 e. The molecule has 2 rings (SSSR count). The van der Waals surface area contributed by atoms with E-state index >= 15 is 0 Å². The van der Waals surface area contributed by atoms with E-state index in [4.69, 9.17) is 0 Å². The summed E-state index contributed by atoms with van der Waals surface area (Å²) in [6.45, 7) is 2.99. The lowest BCUT2D eigenvalue weighted by Gasteiger charge is -2.30. The maximum absolute atomic E-state index is 12.4. The van der Waals surface area contributed by atoms with Gasteiger partial charge in [0.2, 0.25) is 0 Å². The maximum atomic E-state index is 12.4. The Morgan fingerprint density at radius 2 is 2.24 bits per heavy atom. The lowest BCUT2D eigenvalue weighted by molar-refractivity contribution is 0.0830. The van der Waals surface area contributed by atoms with E-state index in [-0.39, 0.29) is 24.0 Å². The highest BCUT2D eigenvalue weighted by Gasteiger charge is 2.39. The number of nitrogens with zero attached hydrogens (tertiary/aromatic N) is 1. The molecule has 0 heterocycles. The number of aliphatic hydroxyl groups is 1. The SMILES string of the molecule is CN(C)Cc1cccc(C(=O)NC2CCCC2(C)CO)c1. The molecule has 116 valence electrons. The quantitative estimate of drug-likeness (QED) is 0.872. The molecule has 1 fully saturated rings. The number of benzene rings is 1. The number of hydrogen-bond donors (Lipinski definition) is 2. The first-order chi connectivity index (χ1) is 9.94. The summed E-state index contributed by atoms with van der Waals surface area (Å²) in [4.78, 5) is 14.5. The lowest BCUT2D eigenvalue weighted by Crippen LogP contribution is -2.44. The predicted octanol–water partition coefficient (Wildman–Crippen LogP) is 2.03. The molecule has 2 atom stereocenters. The number of rotatable bonds is 5. The van der Waals surface area contributed by atoms with Gasteiger partial charge in [-0.25, -0.2) is 0 Å². The van der Waals surface area contributed by atoms with Gasteiger partial charge >= 0.3 is 0 Å². The van der Waals surface area contributed by atoms with Crippen molar-refractivity contribution in [2.75, 3.05) is 20.7 Å². The Hall–Kier alpha value is -1.39. The number of amides is 1. The van der Waals surface area contributed by atoms with Crippen molar-refractivity contribution in [2.24, 2.45) is 5.41 Å². The highest BCUT2D eigenvalue weighted by molar-refractivity contribution is 5.94. The molecule has 1 aliphatic carbocycles. The molecular formula is C17H26N2O2. The van der Waals surface area contributed by atoms with Crippen LogP contribution in [0, 0.1) is 5.41 Å². The maximum Gasteiger partial charge on any atom is 0.251 e. The van der Waals surface area contributed by atoms with Crippen molar-refractivity contribution in [3.8, 4) is 0 Å². The van der Waals surface area contributed by atoms with E-state index in [1.54, 1.807) is 0 Å². The van der Waals surface area contributed by atoms with Crippen LogP contribution in [0.2, 0.25) is 0 Å². The average molecular weight is 290 g/mol. The van der Waals surface area contributed by atoms with Crippen molar-refractivity contribution in [2.45, 2.75) is 38.8 Å². The Balaban J connectivity index is 2.06. The summed E-state index contributed by atoms with van der Waals surface area (Å²) in [7, 11) is 4.02. The summed E-state index contributed by atoms with van der Waals surface area (Å²) in [5.41, 5.74) is 1.64. The van der Waals surface area contributed by atoms with Crippen LogP contribution in [0.1, 0.15) is 42.1 Å². The van der Waals surface area contributed by atoms with Crippen LogP contribution in [-0.2, 0) is 6.54 Å². The van der Waals surface area contributed by atoms with Crippen LogP contribution >= 0.6 is 0 Å². The Kier molecular flexibility index (Phi) is 5.01. The smallest absolute Gasteiger partial charge is 0.251 e. The molecule has 0 aliphatic heterocycles. The molecule has 1 aromatic carbocycles. The molecule has 1 saturated carbocycles. The Bertz CT molecular complexity index is 501. The third kappa shape index (κ3) is 3.83. The first-order valence-corrected chi connectivity index (χ1v) is 7.60. The second-order valence-corrected chi connectivity index (χ2v) is 6.67. The molecule has 0 aromatic heterocycles. The largest absolute Gasteiger partial charge is 0.396 e. The zero-order valence-corrected chi connectivity index (χ0v) is 13.2. The van der Waals surface area contributed by atoms with Gasteiger partial charge in [-0.3, -0.25) is 4.79 Å². The van der Waals surface area contributed by atoms with E-state index in [1.807, 2.05) is 45.3 Å². The Morgan fingerprint density at radius 1 is 1.48 bits per heavy atom. The predicted molar refractivity (Wildman–Crippen MR) is 84.1 cm³/mol. The molecule has 4 heteroatoms. The molecule has 0 bridgehead atoms. The van der Waals surface area contributed by atoms with Gasteiger partial charge < -0.3 is 15.3 Å². The fourth-order valence-corrected chi connectivity index (χ4v) is 3.09. The van der Waals surface area contributed by atoms with E-state index < -0.39 is 0 Å². The molecule has 0 spiro atoms. The Morgan fingerprint density at radius 3 is 2.90 bits per heavy atom. The van der Waals surface area contributed by atoms with E-state index in [9.17, 15) is 9.90 Å². The first-order valence-electron chi connectivity index (χ1n) is 7.60. The molecule has 0 saturated heterocycles. The summed E-state index contributed by atoms with van der Waals surface area (Å²) in [5, 5.41) is 12.7. The van der Waals surface area contributed by atoms with Crippen molar-refractivity contribution in [1.29, 1.82) is 0 Å². The lowest BCUT2D eigenvalue weighted by atomic mass is 9.85. The van der Waals surface area contributed by atoms with Crippen LogP contribution in [0.5, 0.6) is 0 Å². The third-order valence-electron chi connectivity index (χ3n) is 4.44. The average Bonchev–Trinajstić information content (AvgIpc) is 2.80. The molecule has 21 heavy (non-hydrogen) atoms.